The van der Waals surface area contributed by atoms with Gasteiger partial charge in [-0.15, -0.1) is 0 Å². The van der Waals surface area contributed by atoms with Crippen LogP contribution >= 0.6 is 0 Å². The van der Waals surface area contributed by atoms with Crippen LogP contribution in [-0.2, 0) is 4.79 Å². The summed E-state index contributed by atoms with van der Waals surface area (Å²) in [4.78, 5) is 11.2. The summed E-state index contributed by atoms with van der Waals surface area (Å²) in [5, 5.41) is 26.5. The van der Waals surface area contributed by atoms with Crippen LogP contribution in [0.3, 0.4) is 0 Å². The van der Waals surface area contributed by atoms with Gasteiger partial charge in [0.25, 0.3) is 0 Å². The van der Waals surface area contributed by atoms with E-state index in [1.165, 1.54) is 0 Å². The lowest BCUT2D eigenvalue weighted by molar-refractivity contribution is -0.149. The second kappa shape index (κ2) is 5.51. The predicted octanol–water partition coefficient (Wildman–Crippen LogP) is 1.27. The van der Waals surface area contributed by atoms with E-state index < -0.39 is 18.5 Å². The number of carboxylic acids is 1. The van der Waals surface area contributed by atoms with Crippen LogP contribution in [0.1, 0.15) is 44.9 Å². The van der Waals surface area contributed by atoms with Crippen molar-refractivity contribution >= 4 is 13.1 Å². The first-order chi connectivity index (χ1) is 7.07. The molecule has 15 heavy (non-hydrogen) atoms. The Kier molecular flexibility index (Phi) is 4.60. The van der Waals surface area contributed by atoms with Gasteiger partial charge in [-0.05, 0) is 25.6 Å². The minimum atomic E-state index is -1.26. The molecule has 1 rings (SSSR count). The van der Waals surface area contributed by atoms with Crippen molar-refractivity contribution in [3.63, 3.8) is 0 Å². The first-order valence-electron chi connectivity index (χ1n) is 5.66. The van der Waals surface area contributed by atoms with Gasteiger partial charge in [-0.1, -0.05) is 25.7 Å². The third-order valence-corrected chi connectivity index (χ3v) is 3.38. The van der Waals surface area contributed by atoms with Crippen molar-refractivity contribution in [1.29, 1.82) is 0 Å². The molecule has 1 fully saturated rings. The number of unbranched alkanes of at least 4 members (excludes halogenated alkanes) is 1. The van der Waals surface area contributed by atoms with Gasteiger partial charge >= 0.3 is 13.1 Å². The summed E-state index contributed by atoms with van der Waals surface area (Å²) in [6.45, 7) is 0. The fraction of sp³-hybridized carbons (Fsp3) is 0.900. The zero-order valence-corrected chi connectivity index (χ0v) is 8.98. The summed E-state index contributed by atoms with van der Waals surface area (Å²) in [6.07, 6.45) is 6.05. The van der Waals surface area contributed by atoms with Crippen LogP contribution in [0.4, 0.5) is 0 Å². The second-order valence-electron chi connectivity index (χ2n) is 4.52. The van der Waals surface area contributed by atoms with E-state index in [4.69, 9.17) is 10.0 Å². The highest BCUT2D eigenvalue weighted by Gasteiger charge is 2.40. The van der Waals surface area contributed by atoms with Crippen molar-refractivity contribution in [3.05, 3.63) is 0 Å². The van der Waals surface area contributed by atoms with Gasteiger partial charge in [-0.2, -0.15) is 0 Å². The van der Waals surface area contributed by atoms with Gasteiger partial charge in [-0.3, -0.25) is 4.79 Å². The van der Waals surface area contributed by atoms with E-state index in [0.29, 0.717) is 19.2 Å². The number of carbonyl (C=O) groups is 1. The normalized spacial score (nSPS) is 19.1. The number of carboxylic acid groups (broad SMARTS) is 1. The quantitative estimate of drug-likeness (QED) is 0.459. The Bertz CT molecular complexity index is 211. The molecule has 0 atom stereocenters. The predicted molar refractivity (Wildman–Crippen MR) is 57.4 cm³/mol. The summed E-state index contributed by atoms with van der Waals surface area (Å²) in [5.41, 5.74) is -0.513. The van der Waals surface area contributed by atoms with E-state index in [1.54, 1.807) is 0 Å². The van der Waals surface area contributed by atoms with E-state index in [2.05, 4.69) is 0 Å². The summed E-state index contributed by atoms with van der Waals surface area (Å²) >= 11 is 0. The maximum atomic E-state index is 11.2. The average Bonchev–Trinajstić information content (AvgIpc) is 2.62. The molecule has 1 saturated carbocycles. The summed E-state index contributed by atoms with van der Waals surface area (Å²) in [6, 6.07) is 0. The van der Waals surface area contributed by atoms with Gasteiger partial charge in [0.2, 0.25) is 0 Å². The Hall–Kier alpha value is -0.545. The van der Waals surface area contributed by atoms with Crippen molar-refractivity contribution in [3.8, 4) is 0 Å². The lowest BCUT2D eigenvalue weighted by atomic mass is 9.78. The Morgan fingerprint density at radius 3 is 2.27 bits per heavy atom. The standard InChI is InChI=1S/C10H19BO4/c12-9(13)10(5-1-2-6-10)7-3-4-8-11(14)15/h14-15H,1-8H2,(H,12,13). The lowest BCUT2D eigenvalue weighted by Gasteiger charge is -2.23. The van der Waals surface area contributed by atoms with Gasteiger partial charge in [0.1, 0.15) is 0 Å². The Labute approximate surface area is 90.5 Å². The van der Waals surface area contributed by atoms with Gasteiger partial charge in [-0.25, -0.2) is 0 Å². The molecule has 3 N–H and O–H groups in total. The maximum Gasteiger partial charge on any atom is 0.451 e. The largest absolute Gasteiger partial charge is 0.481 e. The minimum absolute atomic E-state index is 0.343. The average molecular weight is 214 g/mol. The zero-order valence-electron chi connectivity index (χ0n) is 8.98. The first kappa shape index (κ1) is 12.5. The van der Waals surface area contributed by atoms with Crippen LogP contribution in [0.2, 0.25) is 6.32 Å². The van der Waals surface area contributed by atoms with Crippen LogP contribution < -0.4 is 0 Å². The Morgan fingerprint density at radius 2 is 1.80 bits per heavy atom. The first-order valence-corrected chi connectivity index (χ1v) is 5.66. The molecule has 0 heterocycles. The molecule has 0 aromatic heterocycles. The van der Waals surface area contributed by atoms with E-state index in [9.17, 15) is 9.90 Å². The minimum Gasteiger partial charge on any atom is -0.481 e. The Balaban J connectivity index is 2.30. The maximum absolute atomic E-state index is 11.2. The van der Waals surface area contributed by atoms with Crippen LogP contribution in [0, 0.1) is 5.41 Å². The zero-order chi connectivity index (χ0) is 11.3. The van der Waals surface area contributed by atoms with Crippen molar-refractivity contribution in [2.24, 2.45) is 5.41 Å². The van der Waals surface area contributed by atoms with Gasteiger partial charge in [0, 0.05) is 0 Å². The summed E-state index contributed by atoms with van der Waals surface area (Å²) in [7, 11) is -1.26. The highest BCUT2D eigenvalue weighted by Crippen LogP contribution is 2.42. The summed E-state index contributed by atoms with van der Waals surface area (Å²) < 4.78 is 0. The van der Waals surface area contributed by atoms with E-state index in [0.717, 1.165) is 32.1 Å². The van der Waals surface area contributed by atoms with Gasteiger partial charge in [0.15, 0.2) is 0 Å². The molecule has 0 aromatic carbocycles. The van der Waals surface area contributed by atoms with E-state index >= 15 is 0 Å². The number of hydrogen-bond donors (Lipinski definition) is 3. The van der Waals surface area contributed by atoms with Crippen molar-refractivity contribution in [2.45, 2.75) is 51.3 Å². The molecule has 0 unspecified atom stereocenters. The molecule has 0 bridgehead atoms. The molecule has 0 saturated heterocycles. The molecule has 0 spiro atoms. The summed E-state index contributed by atoms with van der Waals surface area (Å²) in [5.74, 6) is -0.676. The molecular weight excluding hydrogens is 195 g/mol. The van der Waals surface area contributed by atoms with E-state index in [1.807, 2.05) is 0 Å². The lowest BCUT2D eigenvalue weighted by Crippen LogP contribution is -2.27. The van der Waals surface area contributed by atoms with Crippen molar-refractivity contribution in [1.82, 2.24) is 0 Å². The fourth-order valence-electron chi connectivity index (χ4n) is 2.41. The highest BCUT2D eigenvalue weighted by atomic mass is 16.4. The molecule has 5 heteroatoms. The van der Waals surface area contributed by atoms with Crippen LogP contribution in [0.5, 0.6) is 0 Å². The third-order valence-electron chi connectivity index (χ3n) is 3.38. The van der Waals surface area contributed by atoms with Gasteiger partial charge in [0.05, 0.1) is 5.41 Å². The Morgan fingerprint density at radius 1 is 1.20 bits per heavy atom. The number of aliphatic carboxylic acids is 1. The highest BCUT2D eigenvalue weighted by molar-refractivity contribution is 6.40. The SMILES string of the molecule is O=C(O)C1(CCCCB(O)O)CCCC1. The molecule has 86 valence electrons. The molecule has 0 radical (unpaired) electrons. The number of rotatable bonds is 6. The van der Waals surface area contributed by atoms with Gasteiger partial charge < -0.3 is 15.2 Å². The molecule has 1 aliphatic carbocycles. The molecule has 0 aliphatic heterocycles. The molecular formula is C10H19BO4. The smallest absolute Gasteiger partial charge is 0.451 e. The monoisotopic (exact) mass is 214 g/mol. The third kappa shape index (κ3) is 3.50. The fourth-order valence-corrected chi connectivity index (χ4v) is 2.41. The number of hydrogen-bond acceptors (Lipinski definition) is 3. The molecule has 0 aromatic rings. The van der Waals surface area contributed by atoms with Crippen LogP contribution in [0.25, 0.3) is 0 Å². The topological polar surface area (TPSA) is 77.8 Å². The van der Waals surface area contributed by atoms with E-state index in [-0.39, 0.29) is 0 Å². The molecule has 1 aliphatic rings. The second-order valence-corrected chi connectivity index (χ2v) is 4.52. The molecule has 0 amide bonds. The van der Waals surface area contributed by atoms with Crippen molar-refractivity contribution in [2.75, 3.05) is 0 Å². The van der Waals surface area contributed by atoms with Crippen molar-refractivity contribution < 1.29 is 19.9 Å². The van der Waals surface area contributed by atoms with Crippen LogP contribution in [-0.4, -0.2) is 28.2 Å². The molecule has 4 nitrogen and oxygen atoms in total. The van der Waals surface area contributed by atoms with Crippen LogP contribution in [0.15, 0.2) is 0 Å².